The first-order valence-corrected chi connectivity index (χ1v) is 6.36. The Kier molecular flexibility index (Phi) is 3.18. The molecule has 2 aromatic rings. The van der Waals surface area contributed by atoms with E-state index in [4.69, 9.17) is 10.6 Å². The quantitative estimate of drug-likeness (QED) is 0.462. The van der Waals surface area contributed by atoms with Crippen LogP contribution < -0.4 is 16.6 Å². The first-order valence-electron chi connectivity index (χ1n) is 6.36. The second-order valence-corrected chi connectivity index (χ2v) is 4.56. The molecule has 0 radical (unpaired) electrons. The molecule has 1 saturated carbocycles. The van der Waals surface area contributed by atoms with Gasteiger partial charge in [0.1, 0.15) is 5.82 Å². The van der Waals surface area contributed by atoms with Gasteiger partial charge < -0.3 is 10.1 Å². The van der Waals surface area contributed by atoms with Crippen molar-refractivity contribution in [3.8, 4) is 0 Å². The van der Waals surface area contributed by atoms with Crippen molar-refractivity contribution in [3.05, 3.63) is 6.20 Å². The molecule has 8 heteroatoms. The van der Waals surface area contributed by atoms with Crippen LogP contribution in [0.5, 0.6) is 0 Å². The number of ether oxygens (including phenoxy) is 1. The zero-order valence-electron chi connectivity index (χ0n) is 10.7. The first-order chi connectivity index (χ1) is 9.30. The van der Waals surface area contributed by atoms with Crippen LogP contribution >= 0.6 is 0 Å². The Morgan fingerprint density at radius 2 is 2.32 bits per heavy atom. The fourth-order valence-corrected chi connectivity index (χ4v) is 2.26. The predicted octanol–water partition coefficient (Wildman–Crippen LogP) is 0.618. The van der Waals surface area contributed by atoms with Gasteiger partial charge in [-0.05, 0) is 19.8 Å². The van der Waals surface area contributed by atoms with Crippen molar-refractivity contribution in [2.75, 3.05) is 17.3 Å². The van der Waals surface area contributed by atoms with E-state index in [-0.39, 0.29) is 0 Å². The second kappa shape index (κ2) is 4.98. The molecule has 0 amide bonds. The SMILES string of the molecule is CCOC1CC(Nc2nc(NN)nc3[nH]ncc23)C1. The maximum Gasteiger partial charge on any atom is 0.241 e. The summed E-state index contributed by atoms with van der Waals surface area (Å²) < 4.78 is 5.54. The number of nitrogen functional groups attached to an aromatic ring is 1. The molecular formula is C11H17N7O. The molecule has 0 bridgehead atoms. The maximum atomic E-state index is 5.54. The highest BCUT2D eigenvalue weighted by Gasteiger charge is 2.30. The first kappa shape index (κ1) is 12.1. The zero-order chi connectivity index (χ0) is 13.2. The van der Waals surface area contributed by atoms with E-state index in [1.165, 1.54) is 0 Å². The van der Waals surface area contributed by atoms with E-state index in [0.717, 1.165) is 30.7 Å². The molecule has 1 fully saturated rings. The van der Waals surface area contributed by atoms with Gasteiger partial charge in [-0.2, -0.15) is 15.1 Å². The van der Waals surface area contributed by atoms with E-state index < -0.39 is 0 Å². The van der Waals surface area contributed by atoms with E-state index in [0.29, 0.717) is 23.7 Å². The molecule has 0 aromatic carbocycles. The highest BCUT2D eigenvalue weighted by Crippen LogP contribution is 2.28. The third-order valence-electron chi connectivity index (χ3n) is 3.28. The highest BCUT2D eigenvalue weighted by atomic mass is 16.5. The summed E-state index contributed by atoms with van der Waals surface area (Å²) in [5.74, 6) is 6.46. The van der Waals surface area contributed by atoms with Gasteiger partial charge in [0, 0.05) is 12.6 Å². The van der Waals surface area contributed by atoms with Crippen LogP contribution in [0.25, 0.3) is 11.0 Å². The van der Waals surface area contributed by atoms with Crippen LogP contribution in [0.3, 0.4) is 0 Å². The van der Waals surface area contributed by atoms with Crippen molar-refractivity contribution >= 4 is 22.8 Å². The van der Waals surface area contributed by atoms with Crippen molar-refractivity contribution in [2.24, 2.45) is 5.84 Å². The molecule has 3 rings (SSSR count). The summed E-state index contributed by atoms with van der Waals surface area (Å²) in [4.78, 5) is 8.51. The maximum absolute atomic E-state index is 5.54. The van der Waals surface area contributed by atoms with E-state index in [2.05, 4.69) is 30.9 Å². The molecule has 19 heavy (non-hydrogen) atoms. The summed E-state index contributed by atoms with van der Waals surface area (Å²) in [5, 5.41) is 11.0. The molecular weight excluding hydrogens is 246 g/mol. The minimum absolute atomic E-state index is 0.358. The third kappa shape index (κ3) is 2.32. The smallest absolute Gasteiger partial charge is 0.241 e. The summed E-state index contributed by atoms with van der Waals surface area (Å²) in [7, 11) is 0. The highest BCUT2D eigenvalue weighted by molar-refractivity contribution is 5.87. The van der Waals surface area contributed by atoms with Gasteiger partial charge in [0.2, 0.25) is 5.95 Å². The van der Waals surface area contributed by atoms with Crippen LogP contribution in [-0.4, -0.2) is 38.9 Å². The fourth-order valence-electron chi connectivity index (χ4n) is 2.26. The van der Waals surface area contributed by atoms with Gasteiger partial charge in [-0.1, -0.05) is 0 Å². The van der Waals surface area contributed by atoms with Crippen molar-refractivity contribution in [2.45, 2.75) is 31.9 Å². The Bertz CT molecular complexity index is 563. The number of aromatic nitrogens is 4. The number of hydrogen-bond acceptors (Lipinski definition) is 7. The summed E-state index contributed by atoms with van der Waals surface area (Å²) in [5.41, 5.74) is 3.11. The lowest BCUT2D eigenvalue weighted by Gasteiger charge is -2.35. The summed E-state index contributed by atoms with van der Waals surface area (Å²) >= 11 is 0. The number of rotatable bonds is 5. The number of anilines is 2. The molecule has 8 nitrogen and oxygen atoms in total. The molecule has 102 valence electrons. The largest absolute Gasteiger partial charge is 0.378 e. The van der Waals surface area contributed by atoms with Crippen molar-refractivity contribution in [3.63, 3.8) is 0 Å². The Morgan fingerprint density at radius 1 is 1.47 bits per heavy atom. The van der Waals surface area contributed by atoms with Crippen LogP contribution in [-0.2, 0) is 4.74 Å². The van der Waals surface area contributed by atoms with Crippen molar-refractivity contribution in [1.29, 1.82) is 0 Å². The van der Waals surface area contributed by atoms with Gasteiger partial charge in [-0.25, -0.2) is 5.84 Å². The summed E-state index contributed by atoms with van der Waals surface area (Å²) in [6, 6.07) is 0.371. The Labute approximate surface area is 110 Å². The van der Waals surface area contributed by atoms with Gasteiger partial charge in [0.05, 0.1) is 17.7 Å². The van der Waals surface area contributed by atoms with Crippen molar-refractivity contribution in [1.82, 2.24) is 20.2 Å². The number of nitrogens with two attached hydrogens (primary N) is 1. The molecule has 5 N–H and O–H groups in total. The number of nitrogens with one attached hydrogen (secondary N) is 3. The third-order valence-corrected chi connectivity index (χ3v) is 3.28. The van der Waals surface area contributed by atoms with E-state index in [9.17, 15) is 0 Å². The average molecular weight is 263 g/mol. The molecule has 2 heterocycles. The molecule has 2 aromatic heterocycles. The lowest BCUT2D eigenvalue weighted by Crippen LogP contribution is -2.41. The van der Waals surface area contributed by atoms with E-state index in [1.807, 2.05) is 6.92 Å². The van der Waals surface area contributed by atoms with Crippen LogP contribution in [0.15, 0.2) is 6.20 Å². The number of fused-ring (bicyclic) bond motifs is 1. The second-order valence-electron chi connectivity index (χ2n) is 4.56. The normalized spacial score (nSPS) is 22.2. The van der Waals surface area contributed by atoms with Crippen LogP contribution in [0.1, 0.15) is 19.8 Å². The zero-order valence-corrected chi connectivity index (χ0v) is 10.7. The predicted molar refractivity (Wildman–Crippen MR) is 71.6 cm³/mol. The average Bonchev–Trinajstić information content (AvgIpc) is 2.84. The van der Waals surface area contributed by atoms with Gasteiger partial charge >= 0.3 is 0 Å². The number of H-pyrrole nitrogens is 1. The molecule has 0 atom stereocenters. The summed E-state index contributed by atoms with van der Waals surface area (Å²) in [6.07, 6.45) is 4.04. The van der Waals surface area contributed by atoms with Crippen molar-refractivity contribution < 1.29 is 4.74 Å². The van der Waals surface area contributed by atoms with Crippen LogP contribution in [0.2, 0.25) is 0 Å². The van der Waals surface area contributed by atoms with Crippen LogP contribution in [0.4, 0.5) is 11.8 Å². The molecule has 0 aliphatic heterocycles. The van der Waals surface area contributed by atoms with Gasteiger partial charge in [0.15, 0.2) is 5.65 Å². The monoisotopic (exact) mass is 263 g/mol. The summed E-state index contributed by atoms with van der Waals surface area (Å²) in [6.45, 7) is 2.78. The Balaban J connectivity index is 1.75. The number of aromatic amines is 1. The Hall–Kier alpha value is -1.93. The van der Waals surface area contributed by atoms with Gasteiger partial charge in [-0.3, -0.25) is 10.5 Å². The minimum Gasteiger partial charge on any atom is -0.378 e. The lowest BCUT2D eigenvalue weighted by atomic mass is 9.89. The molecule has 1 aliphatic rings. The number of nitrogens with zero attached hydrogens (tertiary/aromatic N) is 3. The van der Waals surface area contributed by atoms with E-state index in [1.54, 1.807) is 6.20 Å². The van der Waals surface area contributed by atoms with Crippen LogP contribution in [0, 0.1) is 0 Å². The topological polar surface area (TPSA) is 114 Å². The lowest BCUT2D eigenvalue weighted by molar-refractivity contribution is 0.00295. The Morgan fingerprint density at radius 3 is 3.05 bits per heavy atom. The number of hydrazine groups is 1. The molecule has 1 aliphatic carbocycles. The standard InChI is InChI=1S/C11H17N7O/c1-2-19-7-3-6(4-7)14-9-8-5-13-18-10(8)16-11(15-9)17-12/h5-7H,2-4,12H2,1H3,(H3,13,14,15,16,17,18). The molecule has 0 spiro atoms. The molecule has 0 saturated heterocycles. The minimum atomic E-state index is 0.358. The number of hydrogen-bond donors (Lipinski definition) is 4. The fraction of sp³-hybridized carbons (Fsp3) is 0.545. The van der Waals surface area contributed by atoms with Gasteiger partial charge in [-0.15, -0.1) is 0 Å². The van der Waals surface area contributed by atoms with E-state index >= 15 is 0 Å². The molecule has 0 unspecified atom stereocenters. The van der Waals surface area contributed by atoms with Gasteiger partial charge in [0.25, 0.3) is 0 Å².